The predicted octanol–water partition coefficient (Wildman–Crippen LogP) is 0.827. The van der Waals surface area contributed by atoms with Gasteiger partial charge in [0.15, 0.2) is 6.29 Å². The van der Waals surface area contributed by atoms with E-state index in [1.54, 1.807) is 0 Å². The molecule has 0 radical (unpaired) electrons. The normalized spacial score (nSPS) is 45.2. The summed E-state index contributed by atoms with van der Waals surface area (Å²) in [6, 6.07) is 0. The van der Waals surface area contributed by atoms with Crippen molar-refractivity contribution in [2.75, 3.05) is 0 Å². The van der Waals surface area contributed by atoms with E-state index >= 15 is 0 Å². The molecule has 0 spiro atoms. The van der Waals surface area contributed by atoms with Crippen molar-refractivity contribution in [3.63, 3.8) is 0 Å². The van der Waals surface area contributed by atoms with Crippen LogP contribution in [0.15, 0.2) is 12.2 Å². The Labute approximate surface area is 72.0 Å². The van der Waals surface area contributed by atoms with Crippen molar-refractivity contribution >= 4 is 0 Å². The van der Waals surface area contributed by atoms with Gasteiger partial charge in [0.2, 0.25) is 0 Å². The summed E-state index contributed by atoms with van der Waals surface area (Å²) in [5.41, 5.74) is 0. The summed E-state index contributed by atoms with van der Waals surface area (Å²) < 4.78 is 10.5. The third kappa shape index (κ3) is 1.40. The van der Waals surface area contributed by atoms with Crippen LogP contribution in [-0.2, 0) is 9.47 Å². The summed E-state index contributed by atoms with van der Waals surface area (Å²) in [7, 11) is 0. The van der Waals surface area contributed by atoms with Gasteiger partial charge in [0, 0.05) is 0 Å². The molecule has 3 nitrogen and oxygen atoms in total. The standard InChI is InChI=1S/C9H14O3/c1-2-3-4-5-6-7-8(12-7)9(10)11-6/h2-3,6-10H,4-5H2,1H3/b3-2+. The van der Waals surface area contributed by atoms with Gasteiger partial charge in [0.25, 0.3) is 0 Å². The van der Waals surface area contributed by atoms with Gasteiger partial charge in [0.1, 0.15) is 12.2 Å². The lowest BCUT2D eigenvalue weighted by molar-refractivity contribution is -0.141. The molecule has 0 aromatic rings. The molecule has 0 bridgehead atoms. The van der Waals surface area contributed by atoms with Crippen LogP contribution < -0.4 is 0 Å². The lowest BCUT2D eigenvalue weighted by Gasteiger charge is -2.12. The van der Waals surface area contributed by atoms with Gasteiger partial charge in [-0.15, -0.1) is 0 Å². The van der Waals surface area contributed by atoms with Gasteiger partial charge in [-0.1, -0.05) is 12.2 Å². The molecule has 0 aliphatic carbocycles. The zero-order valence-corrected chi connectivity index (χ0v) is 7.14. The van der Waals surface area contributed by atoms with Gasteiger partial charge >= 0.3 is 0 Å². The molecule has 2 aliphatic heterocycles. The molecule has 0 aromatic heterocycles. The second-order valence-corrected chi connectivity index (χ2v) is 3.28. The van der Waals surface area contributed by atoms with E-state index in [0.29, 0.717) is 0 Å². The van der Waals surface area contributed by atoms with Gasteiger partial charge in [-0.05, 0) is 19.8 Å². The third-order valence-corrected chi connectivity index (χ3v) is 2.38. The topological polar surface area (TPSA) is 42.0 Å². The molecule has 2 aliphatic rings. The maximum atomic E-state index is 9.20. The lowest BCUT2D eigenvalue weighted by Crippen LogP contribution is -2.18. The smallest absolute Gasteiger partial charge is 0.184 e. The molecule has 2 heterocycles. The van der Waals surface area contributed by atoms with Crippen molar-refractivity contribution < 1.29 is 14.6 Å². The van der Waals surface area contributed by atoms with Gasteiger partial charge in [-0.3, -0.25) is 0 Å². The largest absolute Gasteiger partial charge is 0.366 e. The summed E-state index contributed by atoms with van der Waals surface area (Å²) in [4.78, 5) is 0. The fourth-order valence-corrected chi connectivity index (χ4v) is 1.66. The minimum Gasteiger partial charge on any atom is -0.366 e. The second kappa shape index (κ2) is 3.17. The first-order valence-electron chi connectivity index (χ1n) is 4.43. The number of epoxide rings is 1. The first-order valence-corrected chi connectivity index (χ1v) is 4.43. The van der Waals surface area contributed by atoms with Crippen molar-refractivity contribution in [2.24, 2.45) is 0 Å². The van der Waals surface area contributed by atoms with E-state index in [0.717, 1.165) is 12.8 Å². The van der Waals surface area contributed by atoms with E-state index < -0.39 is 6.29 Å². The maximum Gasteiger partial charge on any atom is 0.184 e. The highest BCUT2D eigenvalue weighted by molar-refractivity contribution is 5.00. The number of hydrogen-bond acceptors (Lipinski definition) is 3. The molecular formula is C9H14O3. The van der Waals surface area contributed by atoms with E-state index in [1.807, 2.05) is 13.0 Å². The van der Waals surface area contributed by atoms with Crippen LogP contribution >= 0.6 is 0 Å². The van der Waals surface area contributed by atoms with Crippen molar-refractivity contribution in [3.05, 3.63) is 12.2 Å². The van der Waals surface area contributed by atoms with Crippen LogP contribution in [0.25, 0.3) is 0 Å². The number of rotatable bonds is 3. The Hall–Kier alpha value is -0.380. The molecular weight excluding hydrogens is 156 g/mol. The molecule has 0 amide bonds. The Morgan fingerprint density at radius 1 is 1.33 bits per heavy atom. The van der Waals surface area contributed by atoms with E-state index in [1.165, 1.54) is 0 Å². The molecule has 2 fully saturated rings. The van der Waals surface area contributed by atoms with Crippen molar-refractivity contribution in [1.82, 2.24) is 0 Å². The Kier molecular flexibility index (Phi) is 2.17. The van der Waals surface area contributed by atoms with Crippen LogP contribution in [0.4, 0.5) is 0 Å². The Balaban J connectivity index is 1.75. The van der Waals surface area contributed by atoms with E-state index in [-0.39, 0.29) is 18.3 Å². The number of aliphatic hydroxyl groups is 1. The van der Waals surface area contributed by atoms with Gasteiger partial charge in [-0.25, -0.2) is 0 Å². The molecule has 12 heavy (non-hydrogen) atoms. The van der Waals surface area contributed by atoms with Crippen LogP contribution in [0.3, 0.4) is 0 Å². The highest BCUT2D eigenvalue weighted by Gasteiger charge is 2.57. The number of allylic oxidation sites excluding steroid dienone is 2. The Morgan fingerprint density at radius 3 is 2.67 bits per heavy atom. The van der Waals surface area contributed by atoms with E-state index in [9.17, 15) is 5.11 Å². The summed E-state index contributed by atoms with van der Waals surface area (Å²) in [6.07, 6.45) is 5.66. The van der Waals surface area contributed by atoms with Crippen molar-refractivity contribution in [2.45, 2.75) is 44.4 Å². The zero-order valence-electron chi connectivity index (χ0n) is 7.14. The fraction of sp³-hybridized carbons (Fsp3) is 0.778. The van der Waals surface area contributed by atoms with Crippen LogP contribution in [-0.4, -0.2) is 29.7 Å². The highest BCUT2D eigenvalue weighted by Crippen LogP contribution is 2.39. The molecule has 2 rings (SSSR count). The van der Waals surface area contributed by atoms with Crippen molar-refractivity contribution in [3.8, 4) is 0 Å². The maximum absolute atomic E-state index is 9.20. The highest BCUT2D eigenvalue weighted by atomic mass is 16.7. The zero-order chi connectivity index (χ0) is 8.55. The number of fused-ring (bicyclic) bond motifs is 1. The average molecular weight is 170 g/mol. The summed E-state index contributed by atoms with van der Waals surface area (Å²) >= 11 is 0. The third-order valence-electron chi connectivity index (χ3n) is 2.38. The minimum absolute atomic E-state index is 0.0272. The molecule has 2 saturated heterocycles. The van der Waals surface area contributed by atoms with Crippen LogP contribution in [0.2, 0.25) is 0 Å². The fourth-order valence-electron chi connectivity index (χ4n) is 1.66. The monoisotopic (exact) mass is 170 g/mol. The number of ether oxygens (including phenoxy) is 2. The van der Waals surface area contributed by atoms with Crippen LogP contribution in [0.1, 0.15) is 19.8 Å². The van der Waals surface area contributed by atoms with E-state index in [2.05, 4.69) is 6.08 Å². The van der Waals surface area contributed by atoms with E-state index in [4.69, 9.17) is 9.47 Å². The first-order chi connectivity index (χ1) is 5.83. The van der Waals surface area contributed by atoms with Gasteiger partial charge in [-0.2, -0.15) is 0 Å². The predicted molar refractivity (Wildman–Crippen MR) is 43.6 cm³/mol. The average Bonchev–Trinajstić information content (AvgIpc) is 2.77. The molecule has 4 atom stereocenters. The minimum atomic E-state index is -0.675. The Morgan fingerprint density at radius 2 is 2.17 bits per heavy atom. The molecule has 0 saturated carbocycles. The summed E-state index contributed by atoms with van der Waals surface area (Å²) in [6.45, 7) is 2.00. The van der Waals surface area contributed by atoms with Gasteiger partial charge < -0.3 is 14.6 Å². The van der Waals surface area contributed by atoms with Gasteiger partial charge in [0.05, 0.1) is 6.10 Å². The second-order valence-electron chi connectivity index (χ2n) is 3.28. The molecule has 68 valence electrons. The summed E-state index contributed by atoms with van der Waals surface area (Å²) in [5, 5.41) is 9.20. The molecule has 1 N–H and O–H groups in total. The van der Waals surface area contributed by atoms with Crippen molar-refractivity contribution in [1.29, 1.82) is 0 Å². The molecule has 0 aromatic carbocycles. The SMILES string of the molecule is C/C=C/CCC1OC(O)C2OC12. The van der Waals surface area contributed by atoms with Crippen LogP contribution in [0, 0.1) is 0 Å². The Bertz CT molecular complexity index is 190. The number of hydrogen-bond donors (Lipinski definition) is 1. The lowest BCUT2D eigenvalue weighted by atomic mass is 10.1. The molecule has 3 heteroatoms. The summed E-state index contributed by atoms with van der Waals surface area (Å²) in [5.74, 6) is 0. The quantitative estimate of drug-likeness (QED) is 0.504. The van der Waals surface area contributed by atoms with Crippen LogP contribution in [0.5, 0.6) is 0 Å². The first kappa shape index (κ1) is 8.23. The number of aliphatic hydroxyl groups excluding tert-OH is 1. The molecule has 4 unspecified atom stereocenters.